The molecule has 2 bridgehead atoms. The van der Waals surface area contributed by atoms with Crippen LogP contribution in [0.25, 0.3) is 0 Å². The predicted molar refractivity (Wildman–Crippen MR) is 149 cm³/mol. The number of methoxy groups -OCH3 is 1. The molecule has 3 heterocycles. The van der Waals surface area contributed by atoms with E-state index in [1.54, 1.807) is 24.1 Å². The Hall–Kier alpha value is -3.17. The number of benzene rings is 2. The number of amides is 3. The van der Waals surface area contributed by atoms with E-state index in [0.717, 1.165) is 35.7 Å². The molecule has 2 saturated heterocycles. The molecule has 4 aliphatic rings. The standard InChI is InChI=1S/C30H32BrN3O5/c1-38-22-13-7-18(8-14-22)17-34-26(28(36)33-20-5-3-2-4-6-20)30-16-15-23(39-30)24(25(30)29(34)37)27(35)32-21-11-9-19(31)10-12-21/h7-16,20,23-26H,2-6,17H2,1H3,(H,32,35)(H,33,36)/t23-,24?,25-,26?,30?/m1/s1. The normalized spacial score (nSPS) is 29.4. The van der Waals surface area contributed by atoms with E-state index in [0.29, 0.717) is 11.4 Å². The van der Waals surface area contributed by atoms with Crippen LogP contribution in [0.2, 0.25) is 0 Å². The largest absolute Gasteiger partial charge is 0.497 e. The Morgan fingerprint density at radius 1 is 1.05 bits per heavy atom. The number of rotatable bonds is 7. The molecule has 39 heavy (non-hydrogen) atoms. The van der Waals surface area contributed by atoms with E-state index in [9.17, 15) is 14.4 Å². The molecule has 1 saturated carbocycles. The molecule has 0 aromatic heterocycles. The number of ether oxygens (including phenoxy) is 2. The molecule has 5 atom stereocenters. The molecule has 3 amide bonds. The summed E-state index contributed by atoms with van der Waals surface area (Å²) < 4.78 is 12.6. The van der Waals surface area contributed by atoms with Crippen LogP contribution >= 0.6 is 15.9 Å². The first kappa shape index (κ1) is 26.1. The Morgan fingerprint density at radius 3 is 2.46 bits per heavy atom. The lowest BCUT2D eigenvalue weighted by molar-refractivity contribution is -0.142. The zero-order valence-corrected chi connectivity index (χ0v) is 23.4. The maximum atomic E-state index is 14.1. The van der Waals surface area contributed by atoms with Crippen LogP contribution in [0, 0.1) is 11.8 Å². The van der Waals surface area contributed by atoms with Crippen molar-refractivity contribution in [2.24, 2.45) is 11.8 Å². The minimum absolute atomic E-state index is 0.0821. The van der Waals surface area contributed by atoms with E-state index in [2.05, 4.69) is 26.6 Å². The van der Waals surface area contributed by atoms with E-state index in [1.165, 1.54) is 6.42 Å². The zero-order valence-electron chi connectivity index (χ0n) is 21.8. The molecule has 3 aliphatic heterocycles. The molecule has 9 heteroatoms. The number of nitrogens with one attached hydrogen (secondary N) is 2. The van der Waals surface area contributed by atoms with Crippen molar-refractivity contribution in [1.82, 2.24) is 10.2 Å². The first-order chi connectivity index (χ1) is 18.9. The molecule has 1 aliphatic carbocycles. The van der Waals surface area contributed by atoms with E-state index in [-0.39, 0.29) is 30.3 Å². The van der Waals surface area contributed by atoms with Gasteiger partial charge in [-0.1, -0.05) is 59.5 Å². The van der Waals surface area contributed by atoms with Gasteiger partial charge in [-0.05, 0) is 54.8 Å². The SMILES string of the molecule is COc1ccc(CN2C(=O)[C@H]3C(C(=O)Nc4ccc(Br)cc4)[C@H]4C=CC3(O4)C2C(=O)NC2CCCCC2)cc1. The van der Waals surface area contributed by atoms with Crippen LogP contribution < -0.4 is 15.4 Å². The van der Waals surface area contributed by atoms with E-state index in [1.807, 2.05) is 48.6 Å². The van der Waals surface area contributed by atoms with Crippen molar-refractivity contribution >= 4 is 39.3 Å². The number of anilines is 1. The number of likely N-dealkylation sites (tertiary alicyclic amines) is 1. The lowest BCUT2D eigenvalue weighted by Gasteiger charge is -2.34. The van der Waals surface area contributed by atoms with Crippen molar-refractivity contribution in [3.63, 3.8) is 0 Å². The van der Waals surface area contributed by atoms with Crippen LogP contribution in [-0.2, 0) is 25.7 Å². The van der Waals surface area contributed by atoms with E-state index >= 15 is 0 Å². The second-order valence-corrected chi connectivity index (χ2v) is 11.8. The van der Waals surface area contributed by atoms with Crippen LogP contribution in [0.4, 0.5) is 5.69 Å². The van der Waals surface area contributed by atoms with E-state index < -0.39 is 29.6 Å². The van der Waals surface area contributed by atoms with E-state index in [4.69, 9.17) is 9.47 Å². The number of nitrogens with zero attached hydrogens (tertiary/aromatic N) is 1. The van der Waals surface area contributed by atoms with Crippen molar-refractivity contribution in [2.45, 2.75) is 62.4 Å². The van der Waals surface area contributed by atoms with Crippen LogP contribution in [0.3, 0.4) is 0 Å². The van der Waals surface area contributed by atoms with Gasteiger partial charge in [0.2, 0.25) is 17.7 Å². The number of hydrogen-bond donors (Lipinski definition) is 2. The summed E-state index contributed by atoms with van der Waals surface area (Å²) in [6.45, 7) is 0.229. The fourth-order valence-corrected chi connectivity index (χ4v) is 6.92. The second kappa shape index (κ2) is 10.4. The topological polar surface area (TPSA) is 97.0 Å². The van der Waals surface area contributed by atoms with Crippen LogP contribution in [0.15, 0.2) is 65.2 Å². The summed E-state index contributed by atoms with van der Waals surface area (Å²) in [6.07, 6.45) is 8.31. The Morgan fingerprint density at radius 2 is 1.77 bits per heavy atom. The fraction of sp³-hybridized carbons (Fsp3) is 0.433. The maximum Gasteiger partial charge on any atom is 0.246 e. The molecule has 1 spiro atoms. The van der Waals surface area contributed by atoms with Crippen LogP contribution in [0.5, 0.6) is 5.75 Å². The molecular weight excluding hydrogens is 562 g/mol. The first-order valence-corrected chi connectivity index (χ1v) is 14.4. The summed E-state index contributed by atoms with van der Waals surface area (Å²) in [6, 6.07) is 14.0. The second-order valence-electron chi connectivity index (χ2n) is 10.9. The van der Waals surface area contributed by atoms with Gasteiger partial charge < -0.3 is 25.0 Å². The average molecular weight is 595 g/mol. The lowest BCUT2D eigenvalue weighted by Crippen LogP contribution is -2.56. The summed E-state index contributed by atoms with van der Waals surface area (Å²) in [7, 11) is 1.60. The van der Waals surface area contributed by atoms with Gasteiger partial charge in [0.1, 0.15) is 17.4 Å². The van der Waals surface area contributed by atoms with Crippen molar-refractivity contribution in [1.29, 1.82) is 0 Å². The zero-order chi connectivity index (χ0) is 27.1. The fourth-order valence-electron chi connectivity index (χ4n) is 6.65. The molecule has 8 nitrogen and oxygen atoms in total. The van der Waals surface area contributed by atoms with Crippen molar-refractivity contribution in [3.05, 3.63) is 70.7 Å². The van der Waals surface area contributed by atoms with Crippen LogP contribution in [-0.4, -0.2) is 53.5 Å². The highest BCUT2D eigenvalue weighted by Crippen LogP contribution is 2.55. The first-order valence-electron chi connectivity index (χ1n) is 13.6. The third-order valence-corrected chi connectivity index (χ3v) is 9.03. The van der Waals surface area contributed by atoms with Crippen molar-refractivity contribution in [3.8, 4) is 5.75 Å². The molecule has 2 N–H and O–H groups in total. The molecule has 0 radical (unpaired) electrons. The Labute approximate surface area is 236 Å². The number of carbonyl (C=O) groups is 3. The minimum Gasteiger partial charge on any atom is -0.497 e. The van der Waals surface area contributed by atoms with Crippen molar-refractivity contribution in [2.75, 3.05) is 12.4 Å². The lowest BCUT2D eigenvalue weighted by atomic mass is 9.74. The maximum absolute atomic E-state index is 14.1. The smallest absolute Gasteiger partial charge is 0.246 e. The highest BCUT2D eigenvalue weighted by molar-refractivity contribution is 9.10. The van der Waals surface area contributed by atoms with Gasteiger partial charge in [0, 0.05) is 22.7 Å². The minimum atomic E-state index is -1.19. The summed E-state index contributed by atoms with van der Waals surface area (Å²) in [5.74, 6) is -1.56. The Kier molecular flexibility index (Phi) is 6.97. The molecule has 2 aromatic rings. The molecule has 3 unspecified atom stereocenters. The van der Waals surface area contributed by atoms with Gasteiger partial charge in [-0.15, -0.1) is 0 Å². The van der Waals surface area contributed by atoms with Gasteiger partial charge in [-0.3, -0.25) is 14.4 Å². The summed E-state index contributed by atoms with van der Waals surface area (Å²) in [5, 5.41) is 6.18. The third-order valence-electron chi connectivity index (χ3n) is 8.50. The van der Waals surface area contributed by atoms with Gasteiger partial charge in [0.15, 0.2) is 0 Å². The Bertz CT molecular complexity index is 1290. The quantitative estimate of drug-likeness (QED) is 0.469. The number of carbonyl (C=O) groups excluding carboxylic acids is 3. The molecule has 204 valence electrons. The van der Waals surface area contributed by atoms with Gasteiger partial charge >= 0.3 is 0 Å². The molecular formula is C30H32BrN3O5. The Balaban J connectivity index is 1.31. The number of fused-ring (bicyclic) bond motifs is 1. The average Bonchev–Trinajstić information content (AvgIpc) is 3.58. The summed E-state index contributed by atoms with van der Waals surface area (Å²) in [4.78, 5) is 43.3. The predicted octanol–water partition coefficient (Wildman–Crippen LogP) is 4.20. The molecule has 3 fully saturated rings. The van der Waals surface area contributed by atoms with Crippen LogP contribution in [0.1, 0.15) is 37.7 Å². The van der Waals surface area contributed by atoms with Gasteiger partial charge in [0.25, 0.3) is 0 Å². The van der Waals surface area contributed by atoms with Gasteiger partial charge in [-0.2, -0.15) is 0 Å². The monoisotopic (exact) mass is 593 g/mol. The van der Waals surface area contributed by atoms with Gasteiger partial charge in [0.05, 0.1) is 25.0 Å². The highest BCUT2D eigenvalue weighted by Gasteiger charge is 2.72. The molecule has 2 aromatic carbocycles. The third kappa shape index (κ3) is 4.65. The van der Waals surface area contributed by atoms with Gasteiger partial charge in [-0.25, -0.2) is 0 Å². The summed E-state index contributed by atoms with van der Waals surface area (Å²) >= 11 is 3.41. The number of hydrogen-bond acceptors (Lipinski definition) is 5. The highest BCUT2D eigenvalue weighted by atomic mass is 79.9. The summed E-state index contributed by atoms with van der Waals surface area (Å²) in [5.41, 5.74) is 0.316. The van der Waals surface area contributed by atoms with Crippen molar-refractivity contribution < 1.29 is 23.9 Å². The number of halogens is 1. The molecule has 6 rings (SSSR count).